The van der Waals surface area contributed by atoms with E-state index in [-0.39, 0.29) is 12.3 Å². The number of hydrogen-bond donors (Lipinski definition) is 1. The van der Waals surface area contributed by atoms with Gasteiger partial charge in [0.15, 0.2) is 0 Å². The highest BCUT2D eigenvalue weighted by Crippen LogP contribution is 2.32. The quantitative estimate of drug-likeness (QED) is 0.545. The third kappa shape index (κ3) is 3.39. The van der Waals surface area contributed by atoms with Crippen molar-refractivity contribution < 1.29 is 9.47 Å². The Morgan fingerprint density at radius 1 is 1.17 bits per heavy atom. The van der Waals surface area contributed by atoms with Crippen molar-refractivity contribution in [2.45, 2.75) is 25.2 Å². The van der Waals surface area contributed by atoms with Crippen LogP contribution in [0.2, 0.25) is 0 Å². The second kappa shape index (κ2) is 7.46. The molecule has 3 aromatic heterocycles. The van der Waals surface area contributed by atoms with E-state index in [2.05, 4.69) is 21.0 Å². The molecule has 1 fully saturated rings. The van der Waals surface area contributed by atoms with Crippen molar-refractivity contribution in [3.63, 3.8) is 0 Å². The maximum Gasteiger partial charge on any atom is 0.147 e. The molecule has 1 aromatic carbocycles. The fraction of sp³-hybridized carbons (Fsp3) is 0.318. The van der Waals surface area contributed by atoms with E-state index in [0.717, 1.165) is 46.3 Å². The fourth-order valence-corrected chi connectivity index (χ4v) is 3.85. The zero-order valence-electron chi connectivity index (χ0n) is 17.0. The normalized spacial score (nSPS) is 18.9. The van der Waals surface area contributed by atoms with Gasteiger partial charge >= 0.3 is 0 Å². The van der Waals surface area contributed by atoms with Crippen LogP contribution in [-0.2, 0) is 4.74 Å². The van der Waals surface area contributed by atoms with Crippen molar-refractivity contribution >= 4 is 33.6 Å². The van der Waals surface area contributed by atoms with Crippen LogP contribution in [0.25, 0.3) is 21.9 Å². The Labute approximate surface area is 174 Å². The highest BCUT2D eigenvalue weighted by Gasteiger charge is 2.28. The molecule has 0 amide bonds. The first-order chi connectivity index (χ1) is 14.6. The minimum Gasteiger partial charge on any atom is -0.491 e. The van der Waals surface area contributed by atoms with E-state index in [4.69, 9.17) is 15.2 Å². The summed E-state index contributed by atoms with van der Waals surface area (Å²) in [4.78, 5) is 15.1. The molecule has 4 heterocycles. The molecule has 1 aliphatic rings. The third-order valence-corrected chi connectivity index (χ3v) is 5.48. The highest BCUT2D eigenvalue weighted by molar-refractivity contribution is 5.86. The number of ether oxygens (including phenoxy) is 2. The Morgan fingerprint density at radius 2 is 2.03 bits per heavy atom. The molecule has 30 heavy (non-hydrogen) atoms. The highest BCUT2D eigenvalue weighted by atomic mass is 16.6. The van der Waals surface area contributed by atoms with Crippen LogP contribution in [0.4, 0.5) is 11.6 Å². The summed E-state index contributed by atoms with van der Waals surface area (Å²) in [5.41, 5.74) is 7.65. The van der Waals surface area contributed by atoms with Crippen molar-refractivity contribution in [1.29, 1.82) is 0 Å². The van der Waals surface area contributed by atoms with Gasteiger partial charge in [0.2, 0.25) is 0 Å². The number of nitrogens with zero attached hydrogens (tertiary/aromatic N) is 5. The molecule has 8 nitrogen and oxygen atoms in total. The van der Waals surface area contributed by atoms with Crippen molar-refractivity contribution in [3.8, 4) is 5.75 Å². The molecule has 2 atom stereocenters. The van der Waals surface area contributed by atoms with Gasteiger partial charge < -0.3 is 24.7 Å². The number of nitrogens with two attached hydrogens (primary N) is 1. The van der Waals surface area contributed by atoms with E-state index in [1.807, 2.05) is 60.1 Å². The van der Waals surface area contributed by atoms with E-state index in [1.54, 1.807) is 0 Å². The second-order valence-electron chi connectivity index (χ2n) is 7.74. The largest absolute Gasteiger partial charge is 0.491 e. The van der Waals surface area contributed by atoms with Gasteiger partial charge in [-0.25, -0.2) is 15.0 Å². The van der Waals surface area contributed by atoms with Gasteiger partial charge in [0.1, 0.15) is 42.2 Å². The molecule has 0 radical (unpaired) electrons. The lowest BCUT2D eigenvalue weighted by molar-refractivity contribution is -0.0156. The molecule has 0 bridgehead atoms. The Morgan fingerprint density at radius 3 is 2.90 bits per heavy atom. The molecule has 1 aliphatic heterocycles. The Bertz CT molecular complexity index is 1200. The predicted molar refractivity (Wildman–Crippen MR) is 117 cm³/mol. The topological polar surface area (TPSA) is 91.3 Å². The van der Waals surface area contributed by atoms with Gasteiger partial charge in [-0.2, -0.15) is 0 Å². The summed E-state index contributed by atoms with van der Waals surface area (Å²) >= 11 is 0. The van der Waals surface area contributed by atoms with E-state index in [0.29, 0.717) is 12.4 Å². The van der Waals surface area contributed by atoms with Crippen LogP contribution in [0.15, 0.2) is 48.9 Å². The lowest BCUT2D eigenvalue weighted by Crippen LogP contribution is -2.18. The summed E-state index contributed by atoms with van der Waals surface area (Å²) in [6.45, 7) is 0.492. The third-order valence-electron chi connectivity index (χ3n) is 5.48. The minimum absolute atomic E-state index is 0.0170. The zero-order chi connectivity index (χ0) is 20.7. The van der Waals surface area contributed by atoms with Crippen LogP contribution in [0.3, 0.4) is 0 Å². The van der Waals surface area contributed by atoms with Crippen molar-refractivity contribution in [1.82, 2.24) is 19.5 Å². The fourth-order valence-electron chi connectivity index (χ4n) is 3.85. The standard InChI is InChI=1S/C22H24N6O2/c1-27(2)19-7-4-14-3-5-15(11-18(14)26-19)29-12-16-6-8-20(30-16)28-10-9-17-21(23)24-13-25-22(17)28/h3-5,7,9-11,13,16,20H,6,8,12H2,1-2H3,(H2,23,24,25)/t16-,20+/m0/s1. The number of pyridine rings is 1. The molecule has 0 saturated carbocycles. The summed E-state index contributed by atoms with van der Waals surface area (Å²) in [6.07, 6.45) is 5.20. The Balaban J connectivity index is 1.26. The SMILES string of the molecule is CN(C)c1ccc2ccc(OC[C@@H]3CC[C@H](n4ccc5c(N)ncnc54)O3)cc2n1. The van der Waals surface area contributed by atoms with Gasteiger partial charge in [0.05, 0.1) is 17.0 Å². The first-order valence-electron chi connectivity index (χ1n) is 10.0. The number of benzene rings is 1. The summed E-state index contributed by atoms with van der Waals surface area (Å²) in [7, 11) is 3.97. The number of fused-ring (bicyclic) bond motifs is 2. The van der Waals surface area contributed by atoms with Gasteiger partial charge in [0, 0.05) is 31.7 Å². The molecule has 1 saturated heterocycles. The van der Waals surface area contributed by atoms with E-state index in [9.17, 15) is 0 Å². The molecule has 154 valence electrons. The first kappa shape index (κ1) is 18.6. The molecular weight excluding hydrogens is 380 g/mol. The van der Waals surface area contributed by atoms with Crippen LogP contribution in [0.1, 0.15) is 19.1 Å². The second-order valence-corrected chi connectivity index (χ2v) is 7.74. The number of hydrogen-bond acceptors (Lipinski definition) is 7. The number of aromatic nitrogens is 4. The van der Waals surface area contributed by atoms with Crippen LogP contribution >= 0.6 is 0 Å². The summed E-state index contributed by atoms with van der Waals surface area (Å²) in [5, 5.41) is 1.94. The van der Waals surface area contributed by atoms with Crippen molar-refractivity contribution in [3.05, 3.63) is 48.9 Å². The number of anilines is 2. The minimum atomic E-state index is -0.0775. The zero-order valence-corrected chi connectivity index (χ0v) is 17.0. The predicted octanol–water partition coefficient (Wildman–Crippen LogP) is 3.38. The van der Waals surface area contributed by atoms with Crippen LogP contribution in [0.5, 0.6) is 5.75 Å². The average Bonchev–Trinajstić information content (AvgIpc) is 3.39. The maximum atomic E-state index is 6.23. The Kier molecular flexibility index (Phi) is 4.63. The lowest BCUT2D eigenvalue weighted by atomic mass is 10.2. The van der Waals surface area contributed by atoms with Crippen LogP contribution in [-0.4, -0.2) is 46.3 Å². The molecule has 2 N–H and O–H groups in total. The molecule has 0 aliphatic carbocycles. The number of rotatable bonds is 5. The van der Waals surface area contributed by atoms with Crippen LogP contribution in [0, 0.1) is 0 Å². The molecule has 0 unspecified atom stereocenters. The molecular formula is C22H24N6O2. The monoisotopic (exact) mass is 404 g/mol. The number of nitrogen functional groups attached to an aromatic ring is 1. The molecule has 4 aromatic rings. The van der Waals surface area contributed by atoms with Gasteiger partial charge in [-0.3, -0.25) is 0 Å². The van der Waals surface area contributed by atoms with Gasteiger partial charge in [-0.1, -0.05) is 0 Å². The summed E-state index contributed by atoms with van der Waals surface area (Å²) < 4.78 is 14.3. The molecule has 5 rings (SSSR count). The van der Waals surface area contributed by atoms with E-state index < -0.39 is 0 Å². The molecule has 0 spiro atoms. The van der Waals surface area contributed by atoms with Crippen molar-refractivity contribution in [2.75, 3.05) is 31.3 Å². The van der Waals surface area contributed by atoms with Gasteiger partial charge in [-0.05, 0) is 43.2 Å². The van der Waals surface area contributed by atoms with Gasteiger partial charge in [-0.15, -0.1) is 0 Å². The smallest absolute Gasteiger partial charge is 0.147 e. The molecule has 8 heteroatoms. The summed E-state index contributed by atoms with van der Waals surface area (Å²) in [6, 6.07) is 12.0. The average molecular weight is 404 g/mol. The van der Waals surface area contributed by atoms with Crippen molar-refractivity contribution in [2.24, 2.45) is 0 Å². The van der Waals surface area contributed by atoms with E-state index >= 15 is 0 Å². The lowest BCUT2D eigenvalue weighted by Gasteiger charge is -2.17. The Hall–Kier alpha value is -3.39. The first-order valence-corrected chi connectivity index (χ1v) is 10.0. The van der Waals surface area contributed by atoms with E-state index in [1.165, 1.54) is 6.33 Å². The van der Waals surface area contributed by atoms with Gasteiger partial charge in [0.25, 0.3) is 0 Å². The van der Waals surface area contributed by atoms with Crippen LogP contribution < -0.4 is 15.4 Å². The maximum absolute atomic E-state index is 6.23. The summed E-state index contributed by atoms with van der Waals surface area (Å²) in [5.74, 6) is 2.20.